The number of carbonyl (C=O) groups is 2. The maximum Gasteiger partial charge on any atom is 0.256 e. The van der Waals surface area contributed by atoms with Gasteiger partial charge in [-0.25, -0.2) is 0 Å². The van der Waals surface area contributed by atoms with Gasteiger partial charge in [0.1, 0.15) is 0 Å². The van der Waals surface area contributed by atoms with Crippen LogP contribution in [0.4, 0.5) is 5.69 Å². The van der Waals surface area contributed by atoms with Crippen molar-refractivity contribution in [2.75, 3.05) is 5.32 Å². The minimum Gasteiger partial charge on any atom is -0.612 e. The van der Waals surface area contributed by atoms with E-state index in [4.69, 9.17) is 0 Å². The van der Waals surface area contributed by atoms with E-state index >= 15 is 0 Å². The van der Waals surface area contributed by atoms with Crippen LogP contribution in [0.25, 0.3) is 0 Å². The third-order valence-electron chi connectivity index (χ3n) is 3.35. The van der Waals surface area contributed by atoms with Crippen LogP contribution in [0.15, 0.2) is 59.2 Å². The van der Waals surface area contributed by atoms with Gasteiger partial charge in [0.2, 0.25) is 0 Å². The van der Waals surface area contributed by atoms with Gasteiger partial charge in [0.25, 0.3) is 11.6 Å². The summed E-state index contributed by atoms with van der Waals surface area (Å²) in [5.74, 6) is -1.07. The van der Waals surface area contributed by atoms with Gasteiger partial charge >= 0.3 is 0 Å². The molecule has 0 aliphatic heterocycles. The molecule has 1 atom stereocenters. The molecule has 0 radical (unpaired) electrons. The number of nitrogens with zero attached hydrogens (tertiary/aromatic N) is 2. The lowest BCUT2D eigenvalue weighted by molar-refractivity contribution is -0.375. The molecule has 0 spiro atoms. The van der Waals surface area contributed by atoms with Gasteiger partial charge in [-0.2, -0.15) is 10.0 Å². The average Bonchev–Trinajstić information content (AvgIpc) is 2.56. The Morgan fingerprint density at radius 1 is 1.16 bits per heavy atom. The van der Waals surface area contributed by atoms with E-state index in [9.17, 15) is 20.0 Å². The van der Waals surface area contributed by atoms with Crippen molar-refractivity contribution in [2.45, 2.75) is 19.9 Å². The molecule has 2 N–H and O–H groups in total. The molecule has 130 valence electrons. The number of nitrogens with one attached hydrogen (secondary N) is 2. The summed E-state index contributed by atoms with van der Waals surface area (Å²) in [7, 11) is 0. The van der Waals surface area contributed by atoms with Crippen molar-refractivity contribution in [3.63, 3.8) is 0 Å². The first-order valence-corrected chi connectivity index (χ1v) is 7.46. The predicted octanol–water partition coefficient (Wildman–Crippen LogP) is 1.49. The Morgan fingerprint density at radius 2 is 1.84 bits per heavy atom. The Morgan fingerprint density at radius 3 is 2.44 bits per heavy atom. The number of Topliss-reactive ketones (excluding diaryl/α,β-unsaturated/α-hetero) is 1. The van der Waals surface area contributed by atoms with Crippen LogP contribution < -0.4 is 10.7 Å². The number of rotatable bonds is 5. The molecule has 25 heavy (non-hydrogen) atoms. The maximum atomic E-state index is 12.3. The summed E-state index contributed by atoms with van der Waals surface area (Å²) < 4.78 is 0. The smallest absolute Gasteiger partial charge is 0.256 e. The largest absolute Gasteiger partial charge is 0.612 e. The molecule has 1 aliphatic rings. The highest BCUT2D eigenvalue weighted by molar-refractivity contribution is 6.49. The minimum absolute atomic E-state index is 0.0364. The topological polar surface area (TPSA) is 120 Å². The van der Waals surface area contributed by atoms with Gasteiger partial charge < -0.3 is 15.7 Å². The summed E-state index contributed by atoms with van der Waals surface area (Å²) in [6, 6.07) is 7.37. The molecule has 1 aromatic carbocycles. The molecule has 0 saturated carbocycles. The normalized spacial score (nSPS) is 16.2. The van der Waals surface area contributed by atoms with Crippen LogP contribution in [0.5, 0.6) is 0 Å². The summed E-state index contributed by atoms with van der Waals surface area (Å²) in [4.78, 5) is 23.4. The highest BCUT2D eigenvalue weighted by atomic mass is 16.8. The monoisotopic (exact) mass is 341 g/mol. The Balaban J connectivity index is 2.17. The van der Waals surface area contributed by atoms with Crippen molar-refractivity contribution >= 4 is 28.8 Å². The minimum atomic E-state index is -1.26. The van der Waals surface area contributed by atoms with E-state index in [1.54, 1.807) is 43.3 Å². The second-order valence-corrected chi connectivity index (χ2v) is 5.39. The number of para-hydroxylation sites is 1. The van der Waals surface area contributed by atoms with Crippen molar-refractivity contribution in [1.82, 2.24) is 5.43 Å². The van der Waals surface area contributed by atoms with Gasteiger partial charge in [-0.1, -0.05) is 24.3 Å². The molecule has 1 aromatic rings. The van der Waals surface area contributed by atoms with Gasteiger partial charge in [0.15, 0.2) is 17.5 Å². The van der Waals surface area contributed by atoms with Crippen LogP contribution in [-0.4, -0.2) is 34.1 Å². The average molecular weight is 341 g/mol. The summed E-state index contributed by atoms with van der Waals surface area (Å²) in [6.45, 7) is 2.96. The molecule has 2 rings (SSSR count). The zero-order valence-electron chi connectivity index (χ0n) is 13.7. The Kier molecular flexibility index (Phi) is 5.67. The number of benzene rings is 1. The molecule has 0 fully saturated rings. The van der Waals surface area contributed by atoms with E-state index in [1.165, 1.54) is 19.1 Å². The highest BCUT2D eigenvalue weighted by Crippen LogP contribution is 2.07. The SMILES string of the molecule is CC(=O)[C@@H](NN=C1C=CC(C)=CC1=[N+]([O-])[O-])C(=O)Nc1ccccc1. The van der Waals surface area contributed by atoms with E-state index in [2.05, 4.69) is 15.8 Å². The fourth-order valence-corrected chi connectivity index (χ4v) is 2.08. The lowest BCUT2D eigenvalue weighted by Gasteiger charge is -2.16. The fourth-order valence-electron chi connectivity index (χ4n) is 2.08. The third-order valence-corrected chi connectivity index (χ3v) is 3.35. The van der Waals surface area contributed by atoms with E-state index in [0.717, 1.165) is 0 Å². The van der Waals surface area contributed by atoms with Crippen LogP contribution in [0.2, 0.25) is 0 Å². The third kappa shape index (κ3) is 4.77. The van der Waals surface area contributed by atoms with E-state index in [0.29, 0.717) is 11.3 Å². The van der Waals surface area contributed by atoms with Gasteiger partial charge in [-0.3, -0.25) is 15.0 Å². The second kappa shape index (κ2) is 7.91. The molecule has 0 heterocycles. The first kappa shape index (κ1) is 17.9. The molecular weight excluding hydrogens is 324 g/mol. The molecule has 0 bridgehead atoms. The van der Waals surface area contributed by atoms with Crippen molar-refractivity contribution in [3.05, 3.63) is 64.5 Å². The quantitative estimate of drug-likeness (QED) is 0.364. The van der Waals surface area contributed by atoms with Crippen molar-refractivity contribution in [2.24, 2.45) is 5.10 Å². The van der Waals surface area contributed by atoms with Crippen LogP contribution in [0.1, 0.15) is 13.8 Å². The molecule has 1 aliphatic carbocycles. The number of hydrogen-bond acceptors (Lipinski definition) is 6. The van der Waals surface area contributed by atoms with Crippen LogP contribution in [0.3, 0.4) is 0 Å². The Bertz CT molecular complexity index is 790. The van der Waals surface area contributed by atoms with Gasteiger partial charge in [-0.05, 0) is 37.6 Å². The Labute approximate surface area is 144 Å². The lowest BCUT2D eigenvalue weighted by Crippen LogP contribution is -2.44. The predicted molar refractivity (Wildman–Crippen MR) is 95.0 cm³/mol. The number of hydrazone groups is 1. The summed E-state index contributed by atoms with van der Waals surface area (Å²) in [6.07, 6.45) is 4.47. The van der Waals surface area contributed by atoms with Gasteiger partial charge in [-0.15, -0.1) is 0 Å². The number of ketones is 1. The van der Waals surface area contributed by atoms with Crippen molar-refractivity contribution in [3.8, 4) is 0 Å². The zero-order chi connectivity index (χ0) is 18.4. The maximum absolute atomic E-state index is 12.3. The molecule has 0 saturated heterocycles. The lowest BCUT2D eigenvalue weighted by atomic mass is 10.1. The number of allylic oxidation sites excluding steroid dienone is 4. The summed E-state index contributed by atoms with van der Waals surface area (Å²) in [5.41, 5.74) is 3.49. The standard InChI is InChI=1S/C17H17N4O4/c1-11-8-9-14(15(10-11)21(24)25)19-20-16(12(2)22)17(23)18-13-6-4-3-5-7-13/h3-10,16,20H,1-2H3,(H-,18,19,23,24,25)/q-1/t16-/m1/s1. The summed E-state index contributed by atoms with van der Waals surface area (Å²) >= 11 is 0. The number of hydrogen-bond donors (Lipinski definition) is 2. The number of carbonyl (C=O) groups excluding carboxylic acids is 2. The molecular formula is C17H17N4O4-. The zero-order valence-corrected chi connectivity index (χ0v) is 13.7. The van der Waals surface area contributed by atoms with Crippen molar-refractivity contribution < 1.29 is 14.5 Å². The van der Waals surface area contributed by atoms with Crippen molar-refractivity contribution in [1.29, 1.82) is 0 Å². The van der Waals surface area contributed by atoms with Crippen LogP contribution in [-0.2, 0) is 9.59 Å². The Hall–Kier alpha value is -3.42. The molecule has 1 amide bonds. The number of amides is 1. The number of anilines is 1. The molecule has 0 aromatic heterocycles. The van der Waals surface area contributed by atoms with Gasteiger partial charge in [0, 0.05) is 11.8 Å². The molecule has 0 unspecified atom stereocenters. The second-order valence-electron chi connectivity index (χ2n) is 5.39. The van der Waals surface area contributed by atoms with E-state index in [-0.39, 0.29) is 11.4 Å². The van der Waals surface area contributed by atoms with Gasteiger partial charge in [0.05, 0.1) is 0 Å². The molecule has 8 nitrogen and oxygen atoms in total. The molecule has 8 heteroatoms. The first-order chi connectivity index (χ1) is 11.9. The van der Waals surface area contributed by atoms with Crippen LogP contribution >= 0.6 is 0 Å². The first-order valence-electron chi connectivity index (χ1n) is 7.46. The summed E-state index contributed by atoms with van der Waals surface area (Å²) in [5, 5.41) is 28.7. The van der Waals surface area contributed by atoms with E-state index < -0.39 is 22.6 Å². The highest BCUT2D eigenvalue weighted by Gasteiger charge is 2.24. The fraction of sp³-hybridized carbons (Fsp3) is 0.176. The van der Waals surface area contributed by atoms with Crippen LogP contribution in [0, 0.1) is 10.4 Å². The van der Waals surface area contributed by atoms with E-state index in [1.807, 2.05) is 0 Å².